The molecule has 14 heavy (non-hydrogen) atoms. The number of halogens is 3. The lowest BCUT2D eigenvalue weighted by Crippen LogP contribution is -2.07. The summed E-state index contributed by atoms with van der Waals surface area (Å²) in [5.74, 6) is -0.737. The van der Waals surface area contributed by atoms with Crippen LogP contribution in [0.1, 0.15) is 0 Å². The number of ether oxygens (including phenoxy) is 2. The van der Waals surface area contributed by atoms with Crippen molar-refractivity contribution in [2.24, 2.45) is 0 Å². The lowest BCUT2D eigenvalue weighted by atomic mass is 10.3. The van der Waals surface area contributed by atoms with Gasteiger partial charge in [0.1, 0.15) is 5.82 Å². The number of methoxy groups -OCH3 is 1. The average Bonchev–Trinajstić information content (AvgIpc) is 2.14. The third-order valence-corrected chi connectivity index (χ3v) is 1.92. The molecule has 6 heteroatoms. The summed E-state index contributed by atoms with van der Waals surface area (Å²) >= 11 is 11.0. The molecule has 0 unspecified atom stereocenters. The van der Waals surface area contributed by atoms with Gasteiger partial charge >= 0.3 is 6.16 Å². The van der Waals surface area contributed by atoms with Crippen molar-refractivity contribution in [3.8, 4) is 5.75 Å². The van der Waals surface area contributed by atoms with Crippen LogP contribution in [0.15, 0.2) is 12.1 Å². The topological polar surface area (TPSA) is 35.5 Å². The molecule has 0 N–H and O–H groups in total. The predicted molar refractivity (Wildman–Crippen MR) is 49.5 cm³/mol. The molecule has 0 heterocycles. The van der Waals surface area contributed by atoms with Crippen molar-refractivity contribution < 1.29 is 18.7 Å². The van der Waals surface area contributed by atoms with Crippen molar-refractivity contribution >= 4 is 29.4 Å². The minimum atomic E-state index is -0.949. The van der Waals surface area contributed by atoms with E-state index in [1.807, 2.05) is 0 Å². The summed E-state index contributed by atoms with van der Waals surface area (Å²) in [5, 5.41) is -0.245. The van der Waals surface area contributed by atoms with Crippen LogP contribution >= 0.6 is 23.2 Å². The Balaban J connectivity index is 2.98. The van der Waals surface area contributed by atoms with Crippen LogP contribution in [0.3, 0.4) is 0 Å². The van der Waals surface area contributed by atoms with E-state index in [-0.39, 0.29) is 15.8 Å². The molecule has 0 spiro atoms. The molecule has 1 rings (SSSR count). The first-order valence-corrected chi connectivity index (χ1v) is 4.20. The smallest absolute Gasteiger partial charge is 0.437 e. The zero-order chi connectivity index (χ0) is 10.7. The number of carbonyl (C=O) groups is 1. The standard InChI is InChI=1S/C8H5Cl2FO3/c1-13-8(12)14-7-3-4(9)6(11)2-5(7)10/h2-3H,1H3. The molecule has 0 bridgehead atoms. The van der Waals surface area contributed by atoms with Gasteiger partial charge < -0.3 is 9.47 Å². The zero-order valence-electron chi connectivity index (χ0n) is 7.01. The number of benzene rings is 1. The van der Waals surface area contributed by atoms with E-state index in [0.717, 1.165) is 19.2 Å². The van der Waals surface area contributed by atoms with E-state index in [4.69, 9.17) is 23.2 Å². The molecule has 0 radical (unpaired) electrons. The third kappa shape index (κ3) is 2.49. The van der Waals surface area contributed by atoms with E-state index in [9.17, 15) is 9.18 Å². The van der Waals surface area contributed by atoms with Crippen LogP contribution in [0.2, 0.25) is 10.0 Å². The van der Waals surface area contributed by atoms with Crippen LogP contribution in [0.25, 0.3) is 0 Å². The summed E-state index contributed by atoms with van der Waals surface area (Å²) in [5.41, 5.74) is 0. The number of hydrogen-bond acceptors (Lipinski definition) is 3. The minimum absolute atomic E-state index is 0.0510. The van der Waals surface area contributed by atoms with Crippen LogP contribution in [-0.2, 0) is 4.74 Å². The minimum Gasteiger partial charge on any atom is -0.437 e. The summed E-state index contributed by atoms with van der Waals surface area (Å²) in [6.45, 7) is 0. The van der Waals surface area contributed by atoms with Crippen LogP contribution < -0.4 is 4.74 Å². The normalized spacial score (nSPS) is 9.71. The van der Waals surface area contributed by atoms with Gasteiger partial charge in [-0.05, 0) is 6.07 Å². The van der Waals surface area contributed by atoms with Crippen molar-refractivity contribution in [2.75, 3.05) is 7.11 Å². The third-order valence-electron chi connectivity index (χ3n) is 1.33. The van der Waals surface area contributed by atoms with Crippen LogP contribution in [0.5, 0.6) is 5.75 Å². The van der Waals surface area contributed by atoms with Gasteiger partial charge in [-0.2, -0.15) is 0 Å². The van der Waals surface area contributed by atoms with Gasteiger partial charge in [0.15, 0.2) is 5.75 Å². The van der Waals surface area contributed by atoms with Crippen molar-refractivity contribution in [1.29, 1.82) is 0 Å². The van der Waals surface area contributed by atoms with E-state index in [1.165, 1.54) is 0 Å². The molecule has 0 saturated carbocycles. The number of hydrogen-bond donors (Lipinski definition) is 0. The highest BCUT2D eigenvalue weighted by Gasteiger charge is 2.11. The van der Waals surface area contributed by atoms with Crippen LogP contribution in [-0.4, -0.2) is 13.3 Å². The van der Waals surface area contributed by atoms with E-state index in [0.29, 0.717) is 0 Å². The van der Waals surface area contributed by atoms with E-state index in [1.54, 1.807) is 0 Å². The quantitative estimate of drug-likeness (QED) is 0.428. The Labute approximate surface area is 89.3 Å². The SMILES string of the molecule is COC(=O)Oc1cc(Cl)c(F)cc1Cl. The molecule has 1 aromatic carbocycles. The van der Waals surface area contributed by atoms with Gasteiger partial charge in [0.2, 0.25) is 0 Å². The second kappa shape index (κ2) is 4.48. The molecule has 0 aliphatic carbocycles. The fraction of sp³-hybridized carbons (Fsp3) is 0.125. The fourth-order valence-electron chi connectivity index (χ4n) is 0.714. The molecule has 0 aromatic heterocycles. The van der Waals surface area contributed by atoms with E-state index < -0.39 is 12.0 Å². The molecule has 0 aliphatic rings. The lowest BCUT2D eigenvalue weighted by Gasteiger charge is -2.05. The first-order chi connectivity index (χ1) is 6.54. The van der Waals surface area contributed by atoms with Gasteiger partial charge in [-0.15, -0.1) is 0 Å². The Morgan fingerprint density at radius 2 is 2.00 bits per heavy atom. The van der Waals surface area contributed by atoms with Crippen molar-refractivity contribution in [3.05, 3.63) is 28.0 Å². The summed E-state index contributed by atoms with van der Waals surface area (Å²) in [7, 11) is 1.14. The molecule has 0 atom stereocenters. The number of carbonyl (C=O) groups excluding carboxylic acids is 1. The second-order valence-corrected chi connectivity index (χ2v) is 3.07. The van der Waals surface area contributed by atoms with E-state index >= 15 is 0 Å². The molecule has 76 valence electrons. The van der Waals surface area contributed by atoms with Crippen LogP contribution in [0, 0.1) is 5.82 Å². The summed E-state index contributed by atoms with van der Waals surface area (Å²) in [6, 6.07) is 2.04. The maximum absolute atomic E-state index is 12.8. The monoisotopic (exact) mass is 238 g/mol. The molecular weight excluding hydrogens is 234 g/mol. The largest absolute Gasteiger partial charge is 0.513 e. The predicted octanol–water partition coefficient (Wildman–Crippen LogP) is 3.28. The second-order valence-electron chi connectivity index (χ2n) is 2.25. The first kappa shape index (κ1) is 11.1. The van der Waals surface area contributed by atoms with Crippen molar-refractivity contribution in [1.82, 2.24) is 0 Å². The highest BCUT2D eigenvalue weighted by atomic mass is 35.5. The van der Waals surface area contributed by atoms with E-state index in [2.05, 4.69) is 9.47 Å². The summed E-state index contributed by atoms with van der Waals surface area (Å²) in [4.78, 5) is 10.7. The van der Waals surface area contributed by atoms with Crippen LogP contribution in [0.4, 0.5) is 9.18 Å². The van der Waals surface area contributed by atoms with Gasteiger partial charge in [0, 0.05) is 6.07 Å². The highest BCUT2D eigenvalue weighted by molar-refractivity contribution is 6.34. The fourth-order valence-corrected chi connectivity index (χ4v) is 1.06. The highest BCUT2D eigenvalue weighted by Crippen LogP contribution is 2.30. The molecular formula is C8H5Cl2FO3. The molecule has 0 amide bonds. The van der Waals surface area contributed by atoms with Gasteiger partial charge in [0.05, 0.1) is 17.2 Å². The molecule has 1 aromatic rings. The maximum Gasteiger partial charge on any atom is 0.513 e. The van der Waals surface area contributed by atoms with Crippen molar-refractivity contribution in [2.45, 2.75) is 0 Å². The Morgan fingerprint density at radius 3 is 2.57 bits per heavy atom. The van der Waals surface area contributed by atoms with Crippen molar-refractivity contribution in [3.63, 3.8) is 0 Å². The average molecular weight is 239 g/mol. The Morgan fingerprint density at radius 1 is 1.36 bits per heavy atom. The van der Waals surface area contributed by atoms with Gasteiger partial charge in [-0.25, -0.2) is 9.18 Å². The van der Waals surface area contributed by atoms with Gasteiger partial charge in [-0.1, -0.05) is 23.2 Å². The molecule has 0 saturated heterocycles. The van der Waals surface area contributed by atoms with Gasteiger partial charge in [-0.3, -0.25) is 0 Å². The first-order valence-electron chi connectivity index (χ1n) is 3.45. The number of rotatable bonds is 1. The molecule has 3 nitrogen and oxygen atoms in total. The zero-order valence-corrected chi connectivity index (χ0v) is 8.53. The molecule has 0 aliphatic heterocycles. The Bertz CT molecular complexity index is 368. The Kier molecular flexibility index (Phi) is 3.55. The van der Waals surface area contributed by atoms with Gasteiger partial charge in [0.25, 0.3) is 0 Å². The maximum atomic E-state index is 12.8. The lowest BCUT2D eigenvalue weighted by molar-refractivity contribution is 0.121. The summed E-state index contributed by atoms with van der Waals surface area (Å²) in [6.07, 6.45) is -0.949. The molecule has 0 fully saturated rings. The summed E-state index contributed by atoms with van der Waals surface area (Å²) < 4.78 is 21.6. The Hall–Kier alpha value is -1.00.